The van der Waals surface area contributed by atoms with Gasteiger partial charge in [0, 0.05) is 24.4 Å². The monoisotopic (exact) mass is 249 g/mol. The number of rotatable bonds is 3. The average molecular weight is 249 g/mol. The summed E-state index contributed by atoms with van der Waals surface area (Å²) in [5.41, 5.74) is 8.12. The summed E-state index contributed by atoms with van der Waals surface area (Å²) in [5, 5.41) is 4.21. The molecule has 2 N–H and O–H groups in total. The van der Waals surface area contributed by atoms with Crippen LogP contribution < -0.4 is 10.5 Å². The molecule has 1 aromatic heterocycles. The molecule has 0 spiro atoms. The van der Waals surface area contributed by atoms with Crippen molar-refractivity contribution in [3.63, 3.8) is 0 Å². The molecule has 1 aromatic carbocycles. The van der Waals surface area contributed by atoms with Crippen LogP contribution in [0.15, 0.2) is 24.4 Å². The first-order valence-electron chi connectivity index (χ1n) is 5.62. The first kappa shape index (κ1) is 12.6. The quantitative estimate of drug-likeness (QED) is 0.904. The SMILES string of the molecule is COc1cccc(C(N)c2cn(C)nc2C)c1F. The molecule has 0 saturated carbocycles. The fraction of sp³-hybridized carbons (Fsp3) is 0.308. The fourth-order valence-electron chi connectivity index (χ4n) is 2.02. The molecule has 5 heteroatoms. The van der Waals surface area contributed by atoms with E-state index in [-0.39, 0.29) is 5.75 Å². The Morgan fingerprint density at radius 1 is 1.39 bits per heavy atom. The van der Waals surface area contributed by atoms with Gasteiger partial charge in [0.15, 0.2) is 11.6 Å². The minimum atomic E-state index is -0.547. The number of hydrogen-bond acceptors (Lipinski definition) is 3. The first-order valence-corrected chi connectivity index (χ1v) is 5.62. The number of aromatic nitrogens is 2. The van der Waals surface area contributed by atoms with Gasteiger partial charge in [0.05, 0.1) is 18.8 Å². The van der Waals surface area contributed by atoms with Crippen LogP contribution in [0.4, 0.5) is 4.39 Å². The van der Waals surface area contributed by atoms with E-state index in [1.807, 2.05) is 14.0 Å². The third-order valence-electron chi connectivity index (χ3n) is 2.93. The molecule has 0 aliphatic heterocycles. The van der Waals surface area contributed by atoms with Crippen molar-refractivity contribution in [3.8, 4) is 5.75 Å². The van der Waals surface area contributed by atoms with Crippen LogP contribution in [-0.2, 0) is 7.05 Å². The lowest BCUT2D eigenvalue weighted by Gasteiger charge is -2.14. The van der Waals surface area contributed by atoms with Crippen LogP contribution in [0.5, 0.6) is 5.75 Å². The van der Waals surface area contributed by atoms with Crippen molar-refractivity contribution in [1.29, 1.82) is 0 Å². The van der Waals surface area contributed by atoms with Gasteiger partial charge in [0.1, 0.15) is 0 Å². The van der Waals surface area contributed by atoms with E-state index in [9.17, 15) is 4.39 Å². The maximum absolute atomic E-state index is 14.1. The van der Waals surface area contributed by atoms with E-state index in [4.69, 9.17) is 10.5 Å². The predicted molar refractivity (Wildman–Crippen MR) is 66.9 cm³/mol. The number of nitrogens with zero attached hydrogens (tertiary/aromatic N) is 2. The summed E-state index contributed by atoms with van der Waals surface area (Å²) in [6.45, 7) is 1.85. The number of benzene rings is 1. The van der Waals surface area contributed by atoms with Crippen LogP contribution in [0, 0.1) is 12.7 Å². The van der Waals surface area contributed by atoms with Gasteiger partial charge >= 0.3 is 0 Å². The summed E-state index contributed by atoms with van der Waals surface area (Å²) >= 11 is 0. The summed E-state index contributed by atoms with van der Waals surface area (Å²) in [6.07, 6.45) is 1.80. The number of ether oxygens (including phenoxy) is 1. The van der Waals surface area contributed by atoms with Crippen LogP contribution in [0.3, 0.4) is 0 Å². The molecule has 96 valence electrons. The lowest BCUT2D eigenvalue weighted by atomic mass is 9.99. The predicted octanol–water partition coefficient (Wildman–Crippen LogP) is 1.92. The molecule has 0 amide bonds. The average Bonchev–Trinajstić information content (AvgIpc) is 2.68. The first-order chi connectivity index (χ1) is 8.54. The van der Waals surface area contributed by atoms with Crippen molar-refractivity contribution in [2.24, 2.45) is 12.8 Å². The Morgan fingerprint density at radius 3 is 2.67 bits per heavy atom. The van der Waals surface area contributed by atoms with E-state index in [0.717, 1.165) is 11.3 Å². The molecule has 0 radical (unpaired) electrons. The normalized spacial score (nSPS) is 12.5. The molecular formula is C13H16FN3O. The molecule has 0 aliphatic carbocycles. The van der Waals surface area contributed by atoms with Gasteiger partial charge in [-0.15, -0.1) is 0 Å². The second-order valence-corrected chi connectivity index (χ2v) is 4.18. The van der Waals surface area contributed by atoms with Gasteiger partial charge in [-0.1, -0.05) is 12.1 Å². The smallest absolute Gasteiger partial charge is 0.170 e. The topological polar surface area (TPSA) is 53.1 Å². The van der Waals surface area contributed by atoms with Crippen molar-refractivity contribution >= 4 is 0 Å². The van der Waals surface area contributed by atoms with Gasteiger partial charge < -0.3 is 10.5 Å². The van der Waals surface area contributed by atoms with Gasteiger partial charge in [-0.3, -0.25) is 4.68 Å². The van der Waals surface area contributed by atoms with Crippen LogP contribution in [-0.4, -0.2) is 16.9 Å². The molecule has 0 bridgehead atoms. The van der Waals surface area contributed by atoms with Crippen LogP contribution in [0.25, 0.3) is 0 Å². The van der Waals surface area contributed by atoms with Crippen LogP contribution in [0.2, 0.25) is 0 Å². The zero-order valence-electron chi connectivity index (χ0n) is 10.6. The zero-order valence-corrected chi connectivity index (χ0v) is 10.6. The molecule has 0 aliphatic rings. The van der Waals surface area contributed by atoms with Gasteiger partial charge in [-0.05, 0) is 13.0 Å². The molecule has 0 saturated heterocycles. The zero-order chi connectivity index (χ0) is 13.3. The van der Waals surface area contributed by atoms with E-state index in [0.29, 0.717) is 5.56 Å². The molecule has 18 heavy (non-hydrogen) atoms. The van der Waals surface area contributed by atoms with Gasteiger partial charge in [0.25, 0.3) is 0 Å². The van der Waals surface area contributed by atoms with E-state index in [1.165, 1.54) is 7.11 Å². The van der Waals surface area contributed by atoms with Gasteiger partial charge in [-0.25, -0.2) is 4.39 Å². The Morgan fingerprint density at radius 2 is 2.11 bits per heavy atom. The Bertz CT molecular complexity index is 565. The lowest BCUT2D eigenvalue weighted by Crippen LogP contribution is -2.14. The second kappa shape index (κ2) is 4.78. The molecule has 1 heterocycles. The van der Waals surface area contributed by atoms with Crippen molar-refractivity contribution in [1.82, 2.24) is 9.78 Å². The van der Waals surface area contributed by atoms with E-state index < -0.39 is 11.9 Å². The maximum Gasteiger partial charge on any atom is 0.170 e. The van der Waals surface area contributed by atoms with E-state index in [2.05, 4.69) is 5.10 Å². The summed E-state index contributed by atoms with van der Waals surface area (Å²) < 4.78 is 20.7. The molecule has 4 nitrogen and oxygen atoms in total. The number of hydrogen-bond donors (Lipinski definition) is 1. The molecule has 0 fully saturated rings. The van der Waals surface area contributed by atoms with Crippen LogP contribution in [0.1, 0.15) is 22.9 Å². The Labute approximate surface area is 105 Å². The standard InChI is InChI=1S/C13H16FN3O/c1-8-10(7-17(2)16-8)13(15)9-5-4-6-11(18-3)12(9)14/h4-7,13H,15H2,1-3H3. The third kappa shape index (κ3) is 2.09. The highest BCUT2D eigenvalue weighted by molar-refractivity contribution is 5.38. The van der Waals surface area contributed by atoms with Crippen LogP contribution >= 0.6 is 0 Å². The van der Waals surface area contributed by atoms with Crippen molar-refractivity contribution in [2.75, 3.05) is 7.11 Å². The Hall–Kier alpha value is -1.88. The minimum Gasteiger partial charge on any atom is -0.494 e. The maximum atomic E-state index is 14.1. The van der Waals surface area contributed by atoms with Crippen molar-refractivity contribution in [3.05, 3.63) is 47.0 Å². The highest BCUT2D eigenvalue weighted by Crippen LogP contribution is 2.28. The summed E-state index contributed by atoms with van der Waals surface area (Å²) in [6, 6.07) is 4.41. The largest absolute Gasteiger partial charge is 0.494 e. The molecule has 1 atom stereocenters. The second-order valence-electron chi connectivity index (χ2n) is 4.18. The molecule has 2 rings (SSSR count). The fourth-order valence-corrected chi connectivity index (χ4v) is 2.02. The number of nitrogens with two attached hydrogens (primary N) is 1. The number of methoxy groups -OCH3 is 1. The highest BCUT2D eigenvalue weighted by atomic mass is 19.1. The molecule has 2 aromatic rings. The third-order valence-corrected chi connectivity index (χ3v) is 2.93. The minimum absolute atomic E-state index is 0.199. The summed E-state index contributed by atoms with van der Waals surface area (Å²) in [4.78, 5) is 0. The van der Waals surface area contributed by atoms with Gasteiger partial charge in [-0.2, -0.15) is 5.10 Å². The van der Waals surface area contributed by atoms with Gasteiger partial charge in [0.2, 0.25) is 0 Å². The van der Waals surface area contributed by atoms with Crippen molar-refractivity contribution < 1.29 is 9.13 Å². The van der Waals surface area contributed by atoms with E-state index in [1.54, 1.807) is 29.1 Å². The Kier molecular flexibility index (Phi) is 3.34. The summed E-state index contributed by atoms with van der Waals surface area (Å²) in [5.74, 6) is -0.222. The molecule has 1 unspecified atom stereocenters. The highest BCUT2D eigenvalue weighted by Gasteiger charge is 2.19. The lowest BCUT2D eigenvalue weighted by molar-refractivity contribution is 0.383. The number of aryl methyl sites for hydroxylation is 2. The van der Waals surface area contributed by atoms with E-state index >= 15 is 0 Å². The number of halogens is 1. The Balaban J connectivity index is 2.46. The summed E-state index contributed by atoms with van der Waals surface area (Å²) in [7, 11) is 3.24. The van der Waals surface area contributed by atoms with Crippen molar-refractivity contribution in [2.45, 2.75) is 13.0 Å². The molecular weight excluding hydrogens is 233 g/mol.